The summed E-state index contributed by atoms with van der Waals surface area (Å²) in [6.07, 6.45) is 2.72. The molecule has 1 fully saturated rings. The van der Waals surface area contributed by atoms with Gasteiger partial charge in [0.1, 0.15) is 5.75 Å². The smallest absolute Gasteiger partial charge is 0.270 e. The second-order valence-corrected chi connectivity index (χ2v) is 9.69. The van der Waals surface area contributed by atoms with E-state index >= 15 is 0 Å². The van der Waals surface area contributed by atoms with Crippen LogP contribution in [0.5, 0.6) is 17.2 Å². The molecule has 3 rings (SSSR count). The average molecular weight is 590 g/mol. The Morgan fingerprint density at radius 1 is 1.19 bits per heavy atom. The first-order valence-corrected chi connectivity index (χ1v) is 12.3. The van der Waals surface area contributed by atoms with Gasteiger partial charge in [-0.3, -0.25) is 9.69 Å². The van der Waals surface area contributed by atoms with E-state index in [9.17, 15) is 4.79 Å². The molecule has 1 aliphatic heterocycles. The molecule has 0 N–H and O–H groups in total. The third-order valence-corrected chi connectivity index (χ3v) is 6.67. The van der Waals surface area contributed by atoms with E-state index in [1.165, 1.54) is 16.7 Å². The summed E-state index contributed by atoms with van der Waals surface area (Å²) >= 11 is 15.2. The third kappa shape index (κ3) is 5.47. The van der Waals surface area contributed by atoms with Crippen LogP contribution < -0.4 is 19.1 Å². The van der Waals surface area contributed by atoms with E-state index < -0.39 is 0 Å². The maximum absolute atomic E-state index is 13.1. The Morgan fingerprint density at radius 3 is 2.61 bits per heavy atom. The molecular weight excluding hydrogens is 569 g/mol. The van der Waals surface area contributed by atoms with Gasteiger partial charge in [-0.2, -0.15) is 0 Å². The molecule has 0 bridgehead atoms. The molecule has 1 amide bonds. The van der Waals surface area contributed by atoms with Crippen LogP contribution in [-0.2, 0) is 4.79 Å². The number of ether oxygens (including phenoxy) is 3. The minimum atomic E-state index is -0.199. The number of thioether (sulfide) groups is 1. The van der Waals surface area contributed by atoms with E-state index in [4.69, 9.17) is 38.0 Å². The fourth-order valence-corrected chi connectivity index (χ4v) is 5.25. The summed E-state index contributed by atoms with van der Waals surface area (Å²) in [7, 11) is 1.54. The Labute approximate surface area is 210 Å². The van der Waals surface area contributed by atoms with Crippen molar-refractivity contribution in [3.8, 4) is 17.2 Å². The number of carbonyl (C=O) groups is 1. The van der Waals surface area contributed by atoms with Crippen LogP contribution >= 0.6 is 58.2 Å². The summed E-state index contributed by atoms with van der Waals surface area (Å²) in [6.45, 7) is 5.11. The lowest BCUT2D eigenvalue weighted by atomic mass is 10.1. The Balaban J connectivity index is 1.93. The maximum atomic E-state index is 13.1. The van der Waals surface area contributed by atoms with Gasteiger partial charge in [-0.15, -0.1) is 0 Å². The van der Waals surface area contributed by atoms with Gasteiger partial charge in [-0.1, -0.05) is 42.5 Å². The molecule has 0 radical (unpaired) electrons. The van der Waals surface area contributed by atoms with Crippen LogP contribution in [0.2, 0.25) is 5.02 Å². The summed E-state index contributed by atoms with van der Waals surface area (Å²) in [5.74, 6) is 1.72. The fourth-order valence-electron chi connectivity index (χ4n) is 2.91. The third-order valence-electron chi connectivity index (χ3n) is 4.27. The number of hydrogen-bond donors (Lipinski definition) is 0. The van der Waals surface area contributed by atoms with Crippen molar-refractivity contribution in [3.05, 3.63) is 49.4 Å². The molecule has 0 aromatic heterocycles. The highest BCUT2D eigenvalue weighted by atomic mass is 127. The molecule has 1 saturated heterocycles. The highest BCUT2D eigenvalue weighted by Crippen LogP contribution is 2.40. The van der Waals surface area contributed by atoms with Crippen molar-refractivity contribution < 1.29 is 19.0 Å². The van der Waals surface area contributed by atoms with Crippen LogP contribution in [0.25, 0.3) is 6.08 Å². The number of anilines is 1. The number of thiocarbonyl (C=S) groups is 1. The zero-order chi connectivity index (χ0) is 22.5. The molecule has 0 unspecified atom stereocenters. The number of benzene rings is 2. The Bertz CT molecular complexity index is 1040. The molecule has 1 heterocycles. The largest absolute Gasteiger partial charge is 0.495 e. The number of amides is 1. The quantitative estimate of drug-likeness (QED) is 0.198. The van der Waals surface area contributed by atoms with Crippen LogP contribution in [0.1, 0.15) is 25.8 Å². The zero-order valence-electron chi connectivity index (χ0n) is 17.2. The van der Waals surface area contributed by atoms with Gasteiger partial charge in [0, 0.05) is 0 Å². The van der Waals surface area contributed by atoms with Gasteiger partial charge in [-0.25, -0.2) is 0 Å². The van der Waals surface area contributed by atoms with Crippen molar-refractivity contribution >= 4 is 80.2 Å². The maximum Gasteiger partial charge on any atom is 0.270 e. The van der Waals surface area contributed by atoms with Crippen molar-refractivity contribution in [2.75, 3.05) is 25.2 Å². The number of nitrogens with zero attached hydrogens (tertiary/aromatic N) is 1. The highest BCUT2D eigenvalue weighted by molar-refractivity contribution is 14.1. The summed E-state index contributed by atoms with van der Waals surface area (Å²) in [5, 5.41) is 0.414. The average Bonchev–Trinajstić information content (AvgIpc) is 3.00. The number of carbonyl (C=O) groups excluding carboxylic acids is 1. The van der Waals surface area contributed by atoms with Crippen molar-refractivity contribution in [1.82, 2.24) is 0 Å². The molecule has 1 aliphatic rings. The van der Waals surface area contributed by atoms with Gasteiger partial charge >= 0.3 is 0 Å². The summed E-state index contributed by atoms with van der Waals surface area (Å²) in [4.78, 5) is 15.1. The minimum absolute atomic E-state index is 0.199. The van der Waals surface area contributed by atoms with Gasteiger partial charge in [0.15, 0.2) is 15.8 Å². The van der Waals surface area contributed by atoms with E-state index in [-0.39, 0.29) is 5.91 Å². The molecule has 31 heavy (non-hydrogen) atoms. The van der Waals surface area contributed by atoms with Gasteiger partial charge in [0.25, 0.3) is 5.91 Å². The van der Waals surface area contributed by atoms with Crippen LogP contribution in [0.15, 0.2) is 35.2 Å². The lowest BCUT2D eigenvalue weighted by molar-refractivity contribution is -0.113. The topological polar surface area (TPSA) is 48.0 Å². The lowest BCUT2D eigenvalue weighted by Crippen LogP contribution is -2.27. The van der Waals surface area contributed by atoms with Gasteiger partial charge in [0.2, 0.25) is 0 Å². The Morgan fingerprint density at radius 2 is 1.97 bits per heavy atom. The Hall–Kier alpha value is -1.49. The number of methoxy groups -OCH3 is 1. The molecular formula is C22H21ClINO4S2. The first kappa shape index (κ1) is 24.2. The predicted octanol–water partition coefficient (Wildman–Crippen LogP) is 6.55. The monoisotopic (exact) mass is 589 g/mol. The molecule has 9 heteroatoms. The zero-order valence-corrected chi connectivity index (χ0v) is 21.8. The highest BCUT2D eigenvalue weighted by Gasteiger charge is 2.33. The van der Waals surface area contributed by atoms with Crippen LogP contribution in [-0.4, -0.2) is 30.6 Å². The SMILES string of the molecule is CCCOc1c(I)cc(/C=C2\SC(=S)N(c3ccc(OC)c(Cl)c3)C2=O)cc1OCC. The van der Waals surface area contributed by atoms with Crippen molar-refractivity contribution in [2.45, 2.75) is 20.3 Å². The van der Waals surface area contributed by atoms with Gasteiger partial charge in [-0.05, 0) is 77.9 Å². The Kier molecular flexibility index (Phi) is 8.49. The molecule has 0 spiro atoms. The standard InChI is InChI=1S/C22H21ClINO4S2/c1-4-8-29-20-16(24)9-13(10-18(20)28-5-2)11-19-21(26)25(22(30)31-19)14-6-7-17(27-3)15(23)12-14/h6-7,9-12H,4-5,8H2,1-3H3/b19-11-. The number of hydrogen-bond acceptors (Lipinski definition) is 6. The summed E-state index contributed by atoms with van der Waals surface area (Å²) in [6, 6.07) is 8.99. The summed E-state index contributed by atoms with van der Waals surface area (Å²) in [5.41, 5.74) is 1.44. The summed E-state index contributed by atoms with van der Waals surface area (Å²) < 4.78 is 18.2. The molecule has 2 aromatic carbocycles. The van der Waals surface area contributed by atoms with E-state index in [2.05, 4.69) is 29.5 Å². The first-order valence-electron chi connectivity index (χ1n) is 9.60. The molecule has 0 saturated carbocycles. The molecule has 0 aliphatic carbocycles. The normalized spacial score (nSPS) is 15.0. The predicted molar refractivity (Wildman–Crippen MR) is 140 cm³/mol. The molecule has 2 aromatic rings. The molecule has 164 valence electrons. The van der Waals surface area contributed by atoms with E-state index in [1.54, 1.807) is 25.3 Å². The lowest BCUT2D eigenvalue weighted by Gasteiger charge is -2.16. The van der Waals surface area contributed by atoms with E-state index in [0.717, 1.165) is 21.3 Å². The van der Waals surface area contributed by atoms with Crippen LogP contribution in [0, 0.1) is 3.57 Å². The van der Waals surface area contributed by atoms with Crippen molar-refractivity contribution in [1.29, 1.82) is 0 Å². The van der Waals surface area contributed by atoms with Gasteiger partial charge < -0.3 is 14.2 Å². The fraction of sp³-hybridized carbons (Fsp3) is 0.273. The van der Waals surface area contributed by atoms with E-state index in [0.29, 0.717) is 44.6 Å². The first-order chi connectivity index (χ1) is 14.9. The minimum Gasteiger partial charge on any atom is -0.495 e. The van der Waals surface area contributed by atoms with Gasteiger partial charge in [0.05, 0.1) is 39.5 Å². The molecule has 5 nitrogen and oxygen atoms in total. The number of halogens is 2. The van der Waals surface area contributed by atoms with Crippen molar-refractivity contribution in [3.63, 3.8) is 0 Å². The van der Waals surface area contributed by atoms with Crippen LogP contribution in [0.4, 0.5) is 5.69 Å². The second-order valence-electron chi connectivity index (χ2n) is 6.45. The van der Waals surface area contributed by atoms with Crippen LogP contribution in [0.3, 0.4) is 0 Å². The number of rotatable bonds is 8. The second kappa shape index (κ2) is 10.9. The van der Waals surface area contributed by atoms with E-state index in [1.807, 2.05) is 25.1 Å². The van der Waals surface area contributed by atoms with Crippen molar-refractivity contribution in [2.24, 2.45) is 0 Å². The molecule has 0 atom stereocenters.